The number of benzene rings is 1. The van der Waals surface area contributed by atoms with Crippen LogP contribution in [0.25, 0.3) is 0 Å². The number of likely N-dealkylation sites (N-methyl/N-ethyl adjacent to an activating group) is 1. The highest BCUT2D eigenvalue weighted by Crippen LogP contribution is 2.27. The van der Waals surface area contributed by atoms with Crippen LogP contribution in [0, 0.1) is 5.82 Å². The van der Waals surface area contributed by atoms with E-state index in [2.05, 4.69) is 5.32 Å². The Kier molecular flexibility index (Phi) is 7.59. The molecule has 0 heterocycles. The van der Waals surface area contributed by atoms with Gasteiger partial charge in [0.05, 0.1) is 20.3 Å². The molecule has 0 aliphatic heterocycles. The Labute approximate surface area is 141 Å². The molecule has 0 spiro atoms. The molecule has 0 fully saturated rings. The van der Waals surface area contributed by atoms with Crippen molar-refractivity contribution in [3.8, 4) is 5.75 Å². The van der Waals surface area contributed by atoms with E-state index in [9.17, 15) is 17.6 Å². The lowest BCUT2D eigenvalue weighted by Gasteiger charge is -2.22. The molecule has 0 bridgehead atoms. The maximum atomic E-state index is 13.5. The number of methoxy groups -OCH3 is 2. The smallest absolute Gasteiger partial charge is 0.247 e. The van der Waals surface area contributed by atoms with E-state index in [4.69, 9.17) is 9.47 Å². The fraction of sp³-hybridized carbons (Fsp3) is 0.533. The van der Waals surface area contributed by atoms with Gasteiger partial charge >= 0.3 is 0 Å². The molecule has 0 saturated heterocycles. The Morgan fingerprint density at radius 1 is 1.38 bits per heavy atom. The fourth-order valence-electron chi connectivity index (χ4n) is 2.13. The number of sulfonamides is 1. The Morgan fingerprint density at radius 3 is 2.58 bits per heavy atom. The summed E-state index contributed by atoms with van der Waals surface area (Å²) in [5.41, 5.74) is 0. The molecular weight excluding hydrogens is 339 g/mol. The summed E-state index contributed by atoms with van der Waals surface area (Å²) in [6.07, 6.45) is 0. The maximum absolute atomic E-state index is 13.5. The minimum Gasteiger partial charge on any atom is -0.495 e. The average molecular weight is 362 g/mol. The van der Waals surface area contributed by atoms with Crippen molar-refractivity contribution in [1.29, 1.82) is 0 Å². The summed E-state index contributed by atoms with van der Waals surface area (Å²) in [7, 11) is -1.29. The second-order valence-corrected chi connectivity index (χ2v) is 7.06. The van der Waals surface area contributed by atoms with E-state index in [1.165, 1.54) is 20.3 Å². The molecule has 0 aliphatic rings. The number of amides is 1. The van der Waals surface area contributed by atoms with Gasteiger partial charge in [-0.25, -0.2) is 12.8 Å². The molecule has 1 amide bonds. The number of ether oxygens (including phenoxy) is 2. The molecule has 1 atom stereocenters. The van der Waals surface area contributed by atoms with Crippen molar-refractivity contribution >= 4 is 15.9 Å². The molecule has 9 heteroatoms. The zero-order chi connectivity index (χ0) is 18.3. The third-order valence-electron chi connectivity index (χ3n) is 3.24. The van der Waals surface area contributed by atoms with Crippen LogP contribution in [0.2, 0.25) is 0 Å². The largest absolute Gasteiger partial charge is 0.495 e. The van der Waals surface area contributed by atoms with Crippen molar-refractivity contribution in [3.05, 3.63) is 24.0 Å². The van der Waals surface area contributed by atoms with Gasteiger partial charge in [0.1, 0.15) is 16.5 Å². The average Bonchev–Trinajstić information content (AvgIpc) is 2.52. The first-order chi connectivity index (χ1) is 11.3. The molecule has 136 valence electrons. The molecule has 1 aromatic carbocycles. The zero-order valence-electron chi connectivity index (χ0n) is 14.2. The highest BCUT2D eigenvalue weighted by molar-refractivity contribution is 7.89. The Hall–Kier alpha value is -1.71. The summed E-state index contributed by atoms with van der Waals surface area (Å²) >= 11 is 0. The summed E-state index contributed by atoms with van der Waals surface area (Å²) in [6, 6.07) is 2.96. The normalized spacial score (nSPS) is 12.9. The van der Waals surface area contributed by atoms with E-state index in [0.717, 1.165) is 16.4 Å². The molecule has 24 heavy (non-hydrogen) atoms. The Balaban J connectivity index is 3.02. The van der Waals surface area contributed by atoms with Gasteiger partial charge in [0, 0.05) is 19.7 Å². The second kappa shape index (κ2) is 8.95. The van der Waals surface area contributed by atoms with E-state index in [-0.39, 0.29) is 29.8 Å². The van der Waals surface area contributed by atoms with Crippen LogP contribution < -0.4 is 10.1 Å². The molecule has 7 nitrogen and oxygen atoms in total. The van der Waals surface area contributed by atoms with Crippen LogP contribution in [0.5, 0.6) is 5.75 Å². The molecule has 0 aromatic heterocycles. The van der Waals surface area contributed by atoms with E-state index in [0.29, 0.717) is 6.61 Å². The minimum absolute atomic E-state index is 0.0167. The van der Waals surface area contributed by atoms with Gasteiger partial charge in [-0.1, -0.05) is 6.92 Å². The summed E-state index contributed by atoms with van der Waals surface area (Å²) in [5.74, 6) is -1.16. The van der Waals surface area contributed by atoms with Crippen LogP contribution in [0.4, 0.5) is 4.39 Å². The van der Waals surface area contributed by atoms with Gasteiger partial charge in [-0.05, 0) is 25.1 Å². The number of carbonyl (C=O) groups excluding carboxylic acids is 1. The lowest BCUT2D eigenvalue weighted by molar-refractivity contribution is -0.122. The third kappa shape index (κ3) is 5.15. The number of nitrogens with one attached hydrogen (secondary N) is 1. The van der Waals surface area contributed by atoms with Crippen molar-refractivity contribution in [2.24, 2.45) is 0 Å². The molecule has 1 rings (SSSR count). The molecular formula is C15H23FN2O5S. The second-order valence-electron chi connectivity index (χ2n) is 5.15. The number of hydrogen-bond donors (Lipinski definition) is 1. The van der Waals surface area contributed by atoms with Gasteiger partial charge < -0.3 is 14.8 Å². The van der Waals surface area contributed by atoms with Gasteiger partial charge in [-0.15, -0.1) is 0 Å². The van der Waals surface area contributed by atoms with Gasteiger partial charge in [0.25, 0.3) is 0 Å². The lowest BCUT2D eigenvalue weighted by Crippen LogP contribution is -2.44. The molecule has 1 aromatic rings. The highest BCUT2D eigenvalue weighted by Gasteiger charge is 2.29. The van der Waals surface area contributed by atoms with Gasteiger partial charge in [-0.2, -0.15) is 4.31 Å². The number of nitrogens with zero attached hydrogens (tertiary/aromatic N) is 1. The van der Waals surface area contributed by atoms with Gasteiger partial charge in [-0.3, -0.25) is 4.79 Å². The summed E-state index contributed by atoms with van der Waals surface area (Å²) in [4.78, 5) is 11.7. The molecule has 0 radical (unpaired) electrons. The van der Waals surface area contributed by atoms with E-state index >= 15 is 0 Å². The predicted molar refractivity (Wildman–Crippen MR) is 86.9 cm³/mol. The molecule has 0 aliphatic carbocycles. The maximum Gasteiger partial charge on any atom is 0.247 e. The highest BCUT2D eigenvalue weighted by atomic mass is 32.2. The monoisotopic (exact) mass is 362 g/mol. The minimum atomic E-state index is -4.08. The van der Waals surface area contributed by atoms with Crippen LogP contribution in [0.3, 0.4) is 0 Å². The molecule has 0 saturated carbocycles. The van der Waals surface area contributed by atoms with Crippen molar-refractivity contribution in [2.75, 3.05) is 33.9 Å². The number of carbonyl (C=O) groups is 1. The van der Waals surface area contributed by atoms with Crippen LogP contribution >= 0.6 is 0 Å². The van der Waals surface area contributed by atoms with Gasteiger partial charge in [0.15, 0.2) is 0 Å². The summed E-state index contributed by atoms with van der Waals surface area (Å²) < 4.78 is 49.8. The predicted octanol–water partition coefficient (Wildman–Crippen LogP) is 0.996. The van der Waals surface area contributed by atoms with E-state index in [1.807, 2.05) is 0 Å². The zero-order valence-corrected chi connectivity index (χ0v) is 15.0. The van der Waals surface area contributed by atoms with Crippen LogP contribution in [-0.2, 0) is 19.6 Å². The van der Waals surface area contributed by atoms with Crippen molar-refractivity contribution in [1.82, 2.24) is 9.62 Å². The van der Waals surface area contributed by atoms with Gasteiger partial charge in [0.2, 0.25) is 15.9 Å². The Morgan fingerprint density at radius 2 is 2.04 bits per heavy atom. The van der Waals surface area contributed by atoms with Crippen LogP contribution in [0.15, 0.2) is 23.1 Å². The molecule has 0 unspecified atom stereocenters. The third-order valence-corrected chi connectivity index (χ3v) is 5.18. The van der Waals surface area contributed by atoms with Crippen LogP contribution in [0.1, 0.15) is 13.8 Å². The number of halogens is 1. The van der Waals surface area contributed by atoms with E-state index in [1.54, 1.807) is 13.8 Å². The molecule has 1 N–H and O–H groups in total. The first-order valence-corrected chi connectivity index (χ1v) is 8.82. The van der Waals surface area contributed by atoms with Crippen molar-refractivity contribution in [3.63, 3.8) is 0 Å². The fourth-order valence-corrected chi connectivity index (χ4v) is 3.70. The topological polar surface area (TPSA) is 84.9 Å². The summed E-state index contributed by atoms with van der Waals surface area (Å²) in [5, 5.41) is 2.63. The van der Waals surface area contributed by atoms with Crippen LogP contribution in [-0.4, -0.2) is 58.6 Å². The summed E-state index contributed by atoms with van der Waals surface area (Å²) in [6.45, 7) is 3.31. The number of hydrogen-bond acceptors (Lipinski definition) is 5. The SMILES string of the molecule is CCN(CC(=O)N[C@@H](C)COC)S(=O)(=O)c1cc(F)ccc1OC. The van der Waals surface area contributed by atoms with Crippen molar-refractivity contribution in [2.45, 2.75) is 24.8 Å². The first-order valence-electron chi connectivity index (χ1n) is 7.38. The lowest BCUT2D eigenvalue weighted by atomic mass is 10.3. The quantitative estimate of drug-likeness (QED) is 0.708. The Bertz CT molecular complexity index is 666. The van der Waals surface area contributed by atoms with E-state index < -0.39 is 21.7 Å². The number of rotatable bonds is 9. The first kappa shape index (κ1) is 20.3. The standard InChI is InChI=1S/C15H23FN2O5S/c1-5-18(9-15(19)17-11(2)10-22-3)24(20,21)14-8-12(16)6-7-13(14)23-4/h6-8,11H,5,9-10H2,1-4H3,(H,17,19)/t11-/m0/s1. The van der Waals surface area contributed by atoms with Crippen molar-refractivity contribution < 1.29 is 27.1 Å².